The number of carbonyl (C=O) groups is 1. The van der Waals surface area contributed by atoms with Crippen molar-refractivity contribution >= 4 is 17.5 Å². The molecule has 0 heterocycles. The number of hydrogen-bond acceptors (Lipinski definition) is 3. The van der Waals surface area contributed by atoms with Crippen LogP contribution < -0.4 is 4.74 Å². The van der Waals surface area contributed by atoms with Gasteiger partial charge in [-0.05, 0) is 31.5 Å². The molecule has 0 bridgehead atoms. The van der Waals surface area contributed by atoms with E-state index in [1.165, 1.54) is 20.1 Å². The normalized spacial score (nSPS) is 12.4. The van der Waals surface area contributed by atoms with Gasteiger partial charge in [-0.1, -0.05) is 11.6 Å². The summed E-state index contributed by atoms with van der Waals surface area (Å²) in [6, 6.07) is 2.96. The van der Waals surface area contributed by atoms with E-state index in [1.54, 1.807) is 13.0 Å². The van der Waals surface area contributed by atoms with E-state index in [0.717, 1.165) is 4.90 Å². The van der Waals surface area contributed by atoms with E-state index < -0.39 is 25.0 Å². The number of nitrogens with zero attached hydrogens (tertiary/aromatic N) is 1. The van der Waals surface area contributed by atoms with Crippen molar-refractivity contribution in [3.05, 3.63) is 28.3 Å². The Hall–Kier alpha value is -1.40. The summed E-state index contributed by atoms with van der Waals surface area (Å²) >= 11 is 5.97. The Morgan fingerprint density at radius 1 is 1.43 bits per heavy atom. The molecule has 118 valence electrons. The number of alkyl halides is 2. The molecule has 0 saturated carbocycles. The fraction of sp³-hybridized carbons (Fsp3) is 0.500. The van der Waals surface area contributed by atoms with Crippen LogP contribution in [0.1, 0.15) is 22.8 Å². The van der Waals surface area contributed by atoms with Gasteiger partial charge in [0, 0.05) is 12.1 Å². The predicted molar refractivity (Wildman–Crippen MR) is 76.3 cm³/mol. The van der Waals surface area contributed by atoms with Crippen molar-refractivity contribution in [2.45, 2.75) is 26.4 Å². The van der Waals surface area contributed by atoms with Crippen LogP contribution in [0.4, 0.5) is 8.78 Å². The van der Waals surface area contributed by atoms with Gasteiger partial charge in [0.25, 0.3) is 12.3 Å². The highest BCUT2D eigenvalue weighted by Crippen LogP contribution is 2.28. The molecule has 1 aromatic rings. The quantitative estimate of drug-likeness (QED) is 0.876. The summed E-state index contributed by atoms with van der Waals surface area (Å²) in [5.41, 5.74) is 0.771. The van der Waals surface area contributed by atoms with E-state index in [0.29, 0.717) is 11.3 Å². The number of hydrogen-bond donors (Lipinski definition) is 1. The summed E-state index contributed by atoms with van der Waals surface area (Å²) in [5.74, 6) is -0.195. The minimum Gasteiger partial charge on any atom is -0.495 e. The molecular formula is C14H18ClF2NO3. The maximum absolute atomic E-state index is 12.6. The van der Waals surface area contributed by atoms with Crippen LogP contribution in [0.3, 0.4) is 0 Å². The lowest BCUT2D eigenvalue weighted by Crippen LogP contribution is -2.40. The monoisotopic (exact) mass is 321 g/mol. The van der Waals surface area contributed by atoms with Crippen molar-refractivity contribution in [1.29, 1.82) is 0 Å². The fourth-order valence-electron chi connectivity index (χ4n) is 1.94. The zero-order valence-corrected chi connectivity index (χ0v) is 12.8. The summed E-state index contributed by atoms with van der Waals surface area (Å²) in [7, 11) is 1.44. The molecule has 0 fully saturated rings. The zero-order chi connectivity index (χ0) is 16.2. The number of aliphatic hydroxyl groups is 1. The first-order valence-electron chi connectivity index (χ1n) is 6.35. The second kappa shape index (κ2) is 7.56. The highest BCUT2D eigenvalue weighted by atomic mass is 35.5. The Balaban J connectivity index is 3.11. The van der Waals surface area contributed by atoms with Crippen molar-refractivity contribution in [3.8, 4) is 5.75 Å². The largest absolute Gasteiger partial charge is 0.495 e. The lowest BCUT2D eigenvalue weighted by atomic mass is 10.1. The Labute approximate surface area is 127 Å². The van der Waals surface area contributed by atoms with Crippen LogP contribution in [-0.2, 0) is 0 Å². The number of carbonyl (C=O) groups excluding carboxylic acids is 1. The fourth-order valence-corrected chi connectivity index (χ4v) is 2.18. The molecule has 0 aromatic heterocycles. The van der Waals surface area contributed by atoms with Gasteiger partial charge in [0.05, 0.1) is 24.8 Å². The number of benzene rings is 1. The number of halogens is 3. The van der Waals surface area contributed by atoms with E-state index in [2.05, 4.69) is 0 Å². The van der Waals surface area contributed by atoms with Gasteiger partial charge in [-0.2, -0.15) is 0 Å². The van der Waals surface area contributed by atoms with Gasteiger partial charge in [-0.15, -0.1) is 0 Å². The molecule has 1 amide bonds. The molecule has 0 radical (unpaired) electrons. The molecule has 1 unspecified atom stereocenters. The highest BCUT2D eigenvalue weighted by Gasteiger charge is 2.23. The van der Waals surface area contributed by atoms with Gasteiger partial charge in [0.15, 0.2) is 0 Å². The molecule has 0 aliphatic heterocycles. The maximum atomic E-state index is 12.6. The van der Waals surface area contributed by atoms with E-state index in [-0.39, 0.29) is 17.1 Å². The van der Waals surface area contributed by atoms with Crippen molar-refractivity contribution in [3.63, 3.8) is 0 Å². The van der Waals surface area contributed by atoms with E-state index in [9.17, 15) is 18.7 Å². The molecular weight excluding hydrogens is 304 g/mol. The van der Waals surface area contributed by atoms with Crippen LogP contribution >= 0.6 is 11.6 Å². The molecule has 7 heteroatoms. The SMILES string of the molecule is COc1cc(C)c(C(=O)N(CC(C)O)CC(F)F)cc1Cl. The van der Waals surface area contributed by atoms with Gasteiger partial charge in [0.2, 0.25) is 0 Å². The molecule has 0 aliphatic rings. The lowest BCUT2D eigenvalue weighted by molar-refractivity contribution is 0.0419. The van der Waals surface area contributed by atoms with Crippen LogP contribution in [0.25, 0.3) is 0 Å². The second-order valence-corrected chi connectivity index (χ2v) is 5.16. The Kier molecular flexibility index (Phi) is 6.36. The van der Waals surface area contributed by atoms with E-state index in [4.69, 9.17) is 16.3 Å². The second-order valence-electron chi connectivity index (χ2n) is 4.75. The van der Waals surface area contributed by atoms with E-state index in [1.807, 2.05) is 0 Å². The zero-order valence-electron chi connectivity index (χ0n) is 12.1. The molecule has 21 heavy (non-hydrogen) atoms. The minimum absolute atomic E-state index is 0.174. The highest BCUT2D eigenvalue weighted by molar-refractivity contribution is 6.32. The first-order chi connectivity index (χ1) is 9.76. The van der Waals surface area contributed by atoms with Crippen molar-refractivity contribution in [2.24, 2.45) is 0 Å². The summed E-state index contributed by atoms with van der Waals surface area (Å²) < 4.78 is 30.2. The number of rotatable bonds is 6. The summed E-state index contributed by atoms with van der Waals surface area (Å²) in [6.07, 6.45) is -3.58. The smallest absolute Gasteiger partial charge is 0.255 e. The van der Waals surface area contributed by atoms with Crippen LogP contribution in [-0.4, -0.2) is 48.6 Å². The molecule has 1 atom stereocenters. The van der Waals surface area contributed by atoms with Crippen LogP contribution in [0.2, 0.25) is 5.02 Å². The first kappa shape index (κ1) is 17.7. The number of methoxy groups -OCH3 is 1. The van der Waals surface area contributed by atoms with Crippen LogP contribution in [0.15, 0.2) is 12.1 Å². The van der Waals surface area contributed by atoms with Gasteiger partial charge < -0.3 is 14.7 Å². The average Bonchev–Trinajstić information content (AvgIpc) is 2.38. The molecule has 1 N–H and O–H groups in total. The molecule has 0 aliphatic carbocycles. The van der Waals surface area contributed by atoms with Crippen molar-refractivity contribution in [1.82, 2.24) is 4.90 Å². The maximum Gasteiger partial charge on any atom is 0.255 e. The third kappa shape index (κ3) is 4.82. The molecule has 0 saturated heterocycles. The lowest BCUT2D eigenvalue weighted by Gasteiger charge is -2.24. The number of aryl methyl sites for hydroxylation is 1. The molecule has 1 aromatic carbocycles. The molecule has 0 spiro atoms. The number of aliphatic hydroxyl groups excluding tert-OH is 1. The van der Waals surface area contributed by atoms with Gasteiger partial charge in [0.1, 0.15) is 5.75 Å². The first-order valence-corrected chi connectivity index (χ1v) is 6.73. The van der Waals surface area contributed by atoms with Gasteiger partial charge in [-0.3, -0.25) is 4.79 Å². The average molecular weight is 322 g/mol. The Morgan fingerprint density at radius 2 is 2.05 bits per heavy atom. The van der Waals surface area contributed by atoms with Crippen LogP contribution in [0, 0.1) is 6.92 Å². The standard InChI is InChI=1S/C14H18ClF2NO3/c1-8-4-12(21-3)11(15)5-10(8)14(20)18(6-9(2)19)7-13(16)17/h4-5,9,13,19H,6-7H2,1-3H3. The van der Waals surface area contributed by atoms with Gasteiger partial charge >= 0.3 is 0 Å². The van der Waals surface area contributed by atoms with Crippen LogP contribution in [0.5, 0.6) is 5.75 Å². The third-order valence-electron chi connectivity index (χ3n) is 2.86. The third-order valence-corrected chi connectivity index (χ3v) is 3.15. The molecule has 1 rings (SSSR count). The minimum atomic E-state index is -2.68. The van der Waals surface area contributed by atoms with Crippen molar-refractivity contribution < 1.29 is 23.4 Å². The predicted octanol–water partition coefficient (Wildman–Crippen LogP) is 2.75. The summed E-state index contributed by atoms with van der Waals surface area (Å²) in [5, 5.41) is 9.58. The van der Waals surface area contributed by atoms with E-state index >= 15 is 0 Å². The number of amides is 1. The van der Waals surface area contributed by atoms with Gasteiger partial charge in [-0.25, -0.2) is 8.78 Å². The summed E-state index contributed by atoms with van der Waals surface area (Å²) in [4.78, 5) is 13.3. The van der Waals surface area contributed by atoms with Crippen molar-refractivity contribution in [2.75, 3.05) is 20.2 Å². The summed E-state index contributed by atoms with van der Waals surface area (Å²) in [6.45, 7) is 2.17. The Morgan fingerprint density at radius 3 is 2.52 bits per heavy atom. The topological polar surface area (TPSA) is 49.8 Å². The number of ether oxygens (including phenoxy) is 1. The Bertz CT molecular complexity index is 499. The molecule has 4 nitrogen and oxygen atoms in total.